The van der Waals surface area contributed by atoms with E-state index in [1.807, 2.05) is 0 Å². The fourth-order valence-corrected chi connectivity index (χ4v) is 1.44. The van der Waals surface area contributed by atoms with Gasteiger partial charge in [-0.05, 0) is 25.9 Å². The number of nitrogens with one attached hydrogen (secondary N) is 1. The molecule has 0 radical (unpaired) electrons. The summed E-state index contributed by atoms with van der Waals surface area (Å²) in [6, 6.07) is 0. The molecule has 0 atom stereocenters. The molecule has 0 spiro atoms. The summed E-state index contributed by atoms with van der Waals surface area (Å²) in [5, 5.41) is 11.6. The van der Waals surface area contributed by atoms with Gasteiger partial charge in [0.05, 0.1) is 12.0 Å². The lowest BCUT2D eigenvalue weighted by atomic mass is 9.79. The Bertz CT molecular complexity index is 156. The molecule has 2 nitrogen and oxygen atoms in total. The summed E-state index contributed by atoms with van der Waals surface area (Å²) >= 11 is 0. The van der Waals surface area contributed by atoms with Crippen LogP contribution in [0.4, 0.5) is 13.2 Å². The summed E-state index contributed by atoms with van der Waals surface area (Å²) in [5.74, 6) is 0. The molecule has 1 fully saturated rings. The molecule has 13 heavy (non-hydrogen) atoms. The summed E-state index contributed by atoms with van der Waals surface area (Å²) in [6.45, 7) is -0.127. The van der Waals surface area contributed by atoms with Crippen molar-refractivity contribution in [3.05, 3.63) is 0 Å². The Morgan fingerprint density at radius 3 is 1.92 bits per heavy atom. The van der Waals surface area contributed by atoms with E-state index in [-0.39, 0.29) is 25.2 Å². The van der Waals surface area contributed by atoms with Gasteiger partial charge in [0.25, 0.3) is 0 Å². The molecule has 6 heteroatoms. The smallest absolute Gasteiger partial charge is 0.395 e. The molecule has 1 rings (SSSR count). The number of aliphatic hydroxyl groups excluding tert-OH is 1. The Balaban J connectivity index is 0.00000144. The van der Waals surface area contributed by atoms with Crippen LogP contribution in [0.1, 0.15) is 12.8 Å². The lowest BCUT2D eigenvalue weighted by molar-refractivity contribution is -0.243. The fourth-order valence-electron chi connectivity index (χ4n) is 1.44. The summed E-state index contributed by atoms with van der Waals surface area (Å²) in [4.78, 5) is 0. The van der Waals surface area contributed by atoms with Gasteiger partial charge in [0.15, 0.2) is 0 Å². The molecule has 0 aromatic heterocycles. The first-order chi connectivity index (χ1) is 5.52. The fraction of sp³-hybridized carbons (Fsp3) is 1.00. The van der Waals surface area contributed by atoms with Crippen LogP contribution in [0.2, 0.25) is 0 Å². The molecule has 1 aliphatic rings. The highest BCUT2D eigenvalue weighted by atomic mass is 35.5. The Labute approximate surface area is 80.9 Å². The molecule has 0 saturated carbocycles. The van der Waals surface area contributed by atoms with Crippen LogP contribution in [0.5, 0.6) is 0 Å². The lowest BCUT2D eigenvalue weighted by Crippen LogP contribution is -2.48. The highest BCUT2D eigenvalue weighted by Crippen LogP contribution is 2.44. The summed E-state index contributed by atoms with van der Waals surface area (Å²) in [7, 11) is 0. The molecule has 80 valence electrons. The quantitative estimate of drug-likeness (QED) is 0.698. The van der Waals surface area contributed by atoms with E-state index < -0.39 is 18.2 Å². The van der Waals surface area contributed by atoms with E-state index in [9.17, 15) is 13.2 Å². The van der Waals surface area contributed by atoms with Gasteiger partial charge in [0, 0.05) is 0 Å². The molecule has 0 amide bonds. The third-order valence-electron chi connectivity index (χ3n) is 2.46. The van der Waals surface area contributed by atoms with Gasteiger partial charge in [-0.2, -0.15) is 13.2 Å². The molecule has 1 saturated heterocycles. The monoisotopic (exact) mass is 219 g/mol. The number of hydrogen-bond donors (Lipinski definition) is 2. The van der Waals surface area contributed by atoms with Crippen LogP contribution in [0.3, 0.4) is 0 Å². The van der Waals surface area contributed by atoms with Gasteiger partial charge in [-0.25, -0.2) is 0 Å². The van der Waals surface area contributed by atoms with Crippen LogP contribution in [-0.4, -0.2) is 31.0 Å². The second-order valence-corrected chi connectivity index (χ2v) is 3.19. The van der Waals surface area contributed by atoms with Crippen molar-refractivity contribution >= 4 is 12.4 Å². The number of hydrogen-bond acceptors (Lipinski definition) is 2. The van der Waals surface area contributed by atoms with Gasteiger partial charge in [0.2, 0.25) is 0 Å². The Morgan fingerprint density at radius 1 is 1.23 bits per heavy atom. The summed E-state index contributed by atoms with van der Waals surface area (Å²) in [5.41, 5.74) is -1.85. The molecule has 0 aliphatic carbocycles. The highest BCUT2D eigenvalue weighted by Gasteiger charge is 2.54. The number of aliphatic hydroxyl groups is 1. The van der Waals surface area contributed by atoms with E-state index in [1.165, 1.54) is 0 Å². The maximum absolute atomic E-state index is 12.4. The maximum atomic E-state index is 12.4. The molecule has 2 N–H and O–H groups in total. The molecule has 1 aliphatic heterocycles. The third-order valence-corrected chi connectivity index (χ3v) is 2.46. The van der Waals surface area contributed by atoms with Crippen LogP contribution in [-0.2, 0) is 0 Å². The van der Waals surface area contributed by atoms with Crippen LogP contribution < -0.4 is 5.32 Å². The number of halogens is 4. The molecule has 0 aromatic carbocycles. The number of piperidine rings is 1. The van der Waals surface area contributed by atoms with Gasteiger partial charge in [-0.1, -0.05) is 0 Å². The first kappa shape index (κ1) is 13.0. The van der Waals surface area contributed by atoms with Gasteiger partial charge < -0.3 is 10.4 Å². The van der Waals surface area contributed by atoms with Crippen molar-refractivity contribution in [1.29, 1.82) is 0 Å². The van der Waals surface area contributed by atoms with Gasteiger partial charge in [-0.15, -0.1) is 12.4 Å². The van der Waals surface area contributed by atoms with Crippen molar-refractivity contribution in [2.24, 2.45) is 5.41 Å². The zero-order chi connectivity index (χ0) is 9.24. The molecule has 1 heterocycles. The van der Waals surface area contributed by atoms with Gasteiger partial charge in [-0.3, -0.25) is 0 Å². The standard InChI is InChI=1S/C7H12F3NO.ClH/c8-7(9,10)6(5-12)1-3-11-4-2-6;/h11-12H,1-5H2;1H. The van der Waals surface area contributed by atoms with E-state index >= 15 is 0 Å². The lowest BCUT2D eigenvalue weighted by Gasteiger charge is -2.37. The molecular formula is C7H13ClF3NO. The average molecular weight is 220 g/mol. The zero-order valence-corrected chi connectivity index (χ0v) is 7.84. The molecular weight excluding hydrogens is 207 g/mol. The highest BCUT2D eigenvalue weighted by molar-refractivity contribution is 5.85. The van der Waals surface area contributed by atoms with Gasteiger partial charge in [0.1, 0.15) is 0 Å². The van der Waals surface area contributed by atoms with Crippen LogP contribution in [0.15, 0.2) is 0 Å². The topological polar surface area (TPSA) is 32.3 Å². The van der Waals surface area contributed by atoms with Gasteiger partial charge >= 0.3 is 6.18 Å². The second-order valence-electron chi connectivity index (χ2n) is 3.19. The van der Waals surface area contributed by atoms with Crippen LogP contribution in [0.25, 0.3) is 0 Å². The molecule has 0 unspecified atom stereocenters. The zero-order valence-electron chi connectivity index (χ0n) is 7.02. The minimum Gasteiger partial charge on any atom is -0.395 e. The number of alkyl halides is 3. The van der Waals surface area contributed by atoms with Crippen molar-refractivity contribution in [1.82, 2.24) is 5.32 Å². The minimum absolute atomic E-state index is 0. The third kappa shape index (κ3) is 2.48. The Hall–Kier alpha value is -0.0000000000000000486. The normalized spacial score (nSPS) is 22.2. The first-order valence-corrected chi connectivity index (χ1v) is 3.90. The largest absolute Gasteiger partial charge is 0.396 e. The predicted molar refractivity (Wildman–Crippen MR) is 44.9 cm³/mol. The SMILES string of the molecule is Cl.OCC1(C(F)(F)F)CCNCC1. The Kier molecular flexibility index (Phi) is 4.48. The van der Waals surface area contributed by atoms with Crippen molar-refractivity contribution in [3.8, 4) is 0 Å². The number of rotatable bonds is 1. The van der Waals surface area contributed by atoms with E-state index in [0.717, 1.165) is 0 Å². The molecule has 0 bridgehead atoms. The van der Waals surface area contributed by atoms with E-state index in [2.05, 4.69) is 5.32 Å². The summed E-state index contributed by atoms with van der Waals surface area (Å²) in [6.07, 6.45) is -4.32. The van der Waals surface area contributed by atoms with Crippen molar-refractivity contribution in [3.63, 3.8) is 0 Å². The average Bonchev–Trinajstić information content (AvgIpc) is 2.04. The van der Waals surface area contributed by atoms with Crippen molar-refractivity contribution in [2.45, 2.75) is 19.0 Å². The van der Waals surface area contributed by atoms with E-state index in [0.29, 0.717) is 13.1 Å². The Morgan fingerprint density at radius 2 is 1.69 bits per heavy atom. The van der Waals surface area contributed by atoms with Crippen molar-refractivity contribution < 1.29 is 18.3 Å². The van der Waals surface area contributed by atoms with Crippen molar-refractivity contribution in [2.75, 3.05) is 19.7 Å². The molecule has 0 aromatic rings. The first-order valence-electron chi connectivity index (χ1n) is 3.90. The predicted octanol–water partition coefficient (Wildman–Crippen LogP) is 1.33. The summed E-state index contributed by atoms with van der Waals surface area (Å²) < 4.78 is 37.2. The van der Waals surface area contributed by atoms with E-state index in [1.54, 1.807) is 0 Å². The maximum Gasteiger partial charge on any atom is 0.396 e. The second kappa shape index (κ2) is 4.48. The minimum atomic E-state index is -4.27. The van der Waals surface area contributed by atoms with Crippen LogP contribution >= 0.6 is 12.4 Å². The van der Waals surface area contributed by atoms with Crippen LogP contribution in [0, 0.1) is 5.41 Å². The van der Waals surface area contributed by atoms with E-state index in [4.69, 9.17) is 5.11 Å².